The van der Waals surface area contributed by atoms with E-state index in [0.717, 1.165) is 26.2 Å². The Balaban J connectivity index is 1.64. The standard InChI is InChI=1S/C16H19N3O/c1-13-4-2-5-14(12-13)18-8-10-19(11-9-18)16(20)15-6-3-7-17-15/h2-7,12,17H,8-11H2,1H3. The van der Waals surface area contributed by atoms with Crippen molar-refractivity contribution in [2.75, 3.05) is 31.1 Å². The number of rotatable bonds is 2. The Kier molecular flexibility index (Phi) is 3.46. The number of hydrogen-bond donors (Lipinski definition) is 1. The minimum Gasteiger partial charge on any atom is -0.368 e. The summed E-state index contributed by atoms with van der Waals surface area (Å²) in [6, 6.07) is 12.2. The highest BCUT2D eigenvalue weighted by Crippen LogP contribution is 2.18. The first-order chi connectivity index (χ1) is 9.74. The van der Waals surface area contributed by atoms with Crippen LogP contribution in [0, 0.1) is 6.92 Å². The van der Waals surface area contributed by atoms with E-state index < -0.39 is 0 Å². The molecular formula is C16H19N3O. The molecule has 4 nitrogen and oxygen atoms in total. The van der Waals surface area contributed by atoms with Crippen LogP contribution >= 0.6 is 0 Å². The molecule has 2 aromatic rings. The smallest absolute Gasteiger partial charge is 0.270 e. The van der Waals surface area contributed by atoms with Crippen molar-refractivity contribution in [2.45, 2.75) is 6.92 Å². The average molecular weight is 269 g/mol. The van der Waals surface area contributed by atoms with Gasteiger partial charge in [0.05, 0.1) is 0 Å². The van der Waals surface area contributed by atoms with Gasteiger partial charge in [-0.15, -0.1) is 0 Å². The molecule has 0 atom stereocenters. The van der Waals surface area contributed by atoms with Crippen LogP contribution in [0.3, 0.4) is 0 Å². The van der Waals surface area contributed by atoms with Crippen LogP contribution in [0.2, 0.25) is 0 Å². The Morgan fingerprint density at radius 3 is 2.55 bits per heavy atom. The number of aromatic amines is 1. The maximum atomic E-state index is 12.2. The summed E-state index contributed by atoms with van der Waals surface area (Å²) in [5, 5.41) is 0. The summed E-state index contributed by atoms with van der Waals surface area (Å²) < 4.78 is 0. The first-order valence-corrected chi connectivity index (χ1v) is 6.98. The van der Waals surface area contributed by atoms with Gasteiger partial charge in [0.15, 0.2) is 0 Å². The van der Waals surface area contributed by atoms with Gasteiger partial charge in [0, 0.05) is 38.1 Å². The number of benzene rings is 1. The summed E-state index contributed by atoms with van der Waals surface area (Å²) in [6.45, 7) is 5.41. The van der Waals surface area contributed by atoms with Crippen LogP contribution < -0.4 is 4.90 Å². The van der Waals surface area contributed by atoms with E-state index in [9.17, 15) is 4.79 Å². The molecule has 0 saturated carbocycles. The first-order valence-electron chi connectivity index (χ1n) is 6.98. The second-order valence-electron chi connectivity index (χ2n) is 5.20. The maximum Gasteiger partial charge on any atom is 0.270 e. The van der Waals surface area contributed by atoms with Crippen LogP contribution in [0.25, 0.3) is 0 Å². The molecule has 20 heavy (non-hydrogen) atoms. The molecule has 1 aromatic carbocycles. The molecule has 1 aromatic heterocycles. The molecule has 0 bridgehead atoms. The number of carbonyl (C=O) groups excluding carboxylic acids is 1. The molecule has 0 unspecified atom stereocenters. The second-order valence-corrected chi connectivity index (χ2v) is 5.20. The van der Waals surface area contributed by atoms with Crippen molar-refractivity contribution in [2.24, 2.45) is 0 Å². The molecule has 1 saturated heterocycles. The number of amides is 1. The third-order valence-electron chi connectivity index (χ3n) is 3.76. The fourth-order valence-corrected chi connectivity index (χ4v) is 2.63. The van der Waals surface area contributed by atoms with Gasteiger partial charge in [0.25, 0.3) is 5.91 Å². The summed E-state index contributed by atoms with van der Waals surface area (Å²) in [5.74, 6) is 0.0962. The summed E-state index contributed by atoms with van der Waals surface area (Å²) in [6.07, 6.45) is 1.79. The van der Waals surface area contributed by atoms with Gasteiger partial charge in [-0.2, -0.15) is 0 Å². The summed E-state index contributed by atoms with van der Waals surface area (Å²) in [5.41, 5.74) is 3.19. The third kappa shape index (κ3) is 2.54. The number of carbonyl (C=O) groups is 1. The van der Waals surface area contributed by atoms with Gasteiger partial charge in [-0.1, -0.05) is 12.1 Å². The zero-order chi connectivity index (χ0) is 13.9. The highest BCUT2D eigenvalue weighted by atomic mass is 16.2. The monoisotopic (exact) mass is 269 g/mol. The van der Waals surface area contributed by atoms with E-state index in [4.69, 9.17) is 0 Å². The number of aryl methyl sites for hydroxylation is 1. The predicted octanol–water partition coefficient (Wildman–Crippen LogP) is 2.29. The number of nitrogens with one attached hydrogen (secondary N) is 1. The van der Waals surface area contributed by atoms with Crippen molar-refractivity contribution >= 4 is 11.6 Å². The van der Waals surface area contributed by atoms with E-state index in [1.807, 2.05) is 17.0 Å². The van der Waals surface area contributed by atoms with E-state index in [1.54, 1.807) is 6.20 Å². The van der Waals surface area contributed by atoms with E-state index >= 15 is 0 Å². The minimum atomic E-state index is 0.0962. The molecule has 104 valence electrons. The summed E-state index contributed by atoms with van der Waals surface area (Å²) >= 11 is 0. The largest absolute Gasteiger partial charge is 0.368 e. The van der Waals surface area contributed by atoms with Crippen molar-refractivity contribution in [3.05, 3.63) is 53.9 Å². The average Bonchev–Trinajstić information content (AvgIpc) is 3.01. The van der Waals surface area contributed by atoms with Gasteiger partial charge in [0.2, 0.25) is 0 Å². The van der Waals surface area contributed by atoms with Crippen LogP contribution in [-0.4, -0.2) is 42.0 Å². The van der Waals surface area contributed by atoms with Crippen LogP contribution in [0.15, 0.2) is 42.6 Å². The Labute approximate surface area is 119 Å². The fourth-order valence-electron chi connectivity index (χ4n) is 2.63. The number of piperazine rings is 1. The van der Waals surface area contributed by atoms with Crippen molar-refractivity contribution in [3.63, 3.8) is 0 Å². The molecule has 1 N–H and O–H groups in total. The lowest BCUT2D eigenvalue weighted by molar-refractivity contribution is 0.0741. The lowest BCUT2D eigenvalue weighted by atomic mass is 10.2. The zero-order valence-corrected chi connectivity index (χ0v) is 11.7. The van der Waals surface area contributed by atoms with Gasteiger partial charge in [0.1, 0.15) is 5.69 Å². The summed E-state index contributed by atoms with van der Waals surface area (Å²) in [4.78, 5) is 19.5. The molecule has 0 spiro atoms. The molecule has 1 aliphatic heterocycles. The highest BCUT2D eigenvalue weighted by Gasteiger charge is 2.22. The molecular weight excluding hydrogens is 250 g/mol. The molecule has 2 heterocycles. The van der Waals surface area contributed by atoms with Gasteiger partial charge in [-0.3, -0.25) is 4.79 Å². The number of H-pyrrole nitrogens is 1. The van der Waals surface area contributed by atoms with Crippen molar-refractivity contribution in [3.8, 4) is 0 Å². The van der Waals surface area contributed by atoms with Gasteiger partial charge < -0.3 is 14.8 Å². The molecule has 1 fully saturated rings. The second kappa shape index (κ2) is 5.41. The van der Waals surface area contributed by atoms with Crippen molar-refractivity contribution in [1.82, 2.24) is 9.88 Å². The van der Waals surface area contributed by atoms with Gasteiger partial charge >= 0.3 is 0 Å². The number of nitrogens with zero attached hydrogens (tertiary/aromatic N) is 2. The normalized spacial score (nSPS) is 15.4. The van der Waals surface area contributed by atoms with E-state index in [2.05, 4.69) is 41.1 Å². The molecule has 1 amide bonds. The lowest BCUT2D eigenvalue weighted by Crippen LogP contribution is -2.48. The third-order valence-corrected chi connectivity index (χ3v) is 3.76. The highest BCUT2D eigenvalue weighted by molar-refractivity contribution is 5.92. The number of anilines is 1. The van der Waals surface area contributed by atoms with Crippen molar-refractivity contribution < 1.29 is 4.79 Å². The van der Waals surface area contributed by atoms with E-state index in [-0.39, 0.29) is 5.91 Å². The Bertz CT molecular complexity index is 584. The zero-order valence-electron chi connectivity index (χ0n) is 11.7. The lowest BCUT2D eigenvalue weighted by Gasteiger charge is -2.36. The quantitative estimate of drug-likeness (QED) is 0.908. The Hall–Kier alpha value is -2.23. The van der Waals surface area contributed by atoms with E-state index in [1.165, 1.54) is 11.3 Å². The van der Waals surface area contributed by atoms with Crippen LogP contribution in [-0.2, 0) is 0 Å². The van der Waals surface area contributed by atoms with Crippen LogP contribution in [0.4, 0.5) is 5.69 Å². The number of aromatic nitrogens is 1. The predicted molar refractivity (Wildman–Crippen MR) is 80.1 cm³/mol. The topological polar surface area (TPSA) is 39.3 Å². The molecule has 0 aliphatic carbocycles. The molecule has 1 aliphatic rings. The molecule has 3 rings (SSSR count). The first kappa shape index (κ1) is 12.8. The van der Waals surface area contributed by atoms with E-state index in [0.29, 0.717) is 5.69 Å². The summed E-state index contributed by atoms with van der Waals surface area (Å²) in [7, 11) is 0. The minimum absolute atomic E-state index is 0.0962. The molecule has 0 radical (unpaired) electrons. The fraction of sp³-hybridized carbons (Fsp3) is 0.312. The number of hydrogen-bond acceptors (Lipinski definition) is 2. The Morgan fingerprint density at radius 2 is 1.90 bits per heavy atom. The van der Waals surface area contributed by atoms with Crippen molar-refractivity contribution in [1.29, 1.82) is 0 Å². The van der Waals surface area contributed by atoms with Gasteiger partial charge in [-0.05, 0) is 36.8 Å². The maximum absolute atomic E-state index is 12.2. The SMILES string of the molecule is Cc1cccc(N2CCN(C(=O)c3ccc[nH]3)CC2)c1. The van der Waals surface area contributed by atoms with Gasteiger partial charge in [-0.25, -0.2) is 0 Å². The van der Waals surface area contributed by atoms with Crippen LogP contribution in [0.5, 0.6) is 0 Å². The Morgan fingerprint density at radius 1 is 1.10 bits per heavy atom. The molecule has 4 heteroatoms. The van der Waals surface area contributed by atoms with Crippen LogP contribution in [0.1, 0.15) is 16.1 Å².